The minimum atomic E-state index is -1.21. The van der Waals surface area contributed by atoms with E-state index < -0.39 is 276 Å². The highest BCUT2D eigenvalue weighted by molar-refractivity contribution is 6.21. The predicted octanol–water partition coefficient (Wildman–Crippen LogP) is 12.0. The monoisotopic (exact) mass is 750 g/mol. The third-order valence-electron chi connectivity index (χ3n) is 8.76. The summed E-state index contributed by atoms with van der Waals surface area (Å²) in [5, 5.41) is -3.08. The van der Waals surface area contributed by atoms with E-state index in [0.29, 0.717) is 0 Å². The van der Waals surface area contributed by atoms with Gasteiger partial charge in [-0.1, -0.05) is 163 Å². The molecule has 0 unspecified atom stereocenters. The van der Waals surface area contributed by atoms with E-state index in [4.69, 9.17) is 23.3 Å². The van der Waals surface area contributed by atoms with E-state index in [2.05, 4.69) is 9.97 Å². The van der Waals surface area contributed by atoms with Crippen molar-refractivity contribution >= 4 is 32.6 Å². The van der Waals surface area contributed by atoms with E-state index in [1.165, 1.54) is 14.1 Å². The number of fused-ring (bicyclic) bond motifs is 3. The Kier molecular flexibility index (Phi) is 3.46. The maximum atomic E-state index is 13.0. The van der Waals surface area contributed by atoms with E-state index in [9.17, 15) is 22.6 Å². The maximum absolute atomic E-state index is 13.0. The Morgan fingerprint density at radius 1 is 0.393 bits per heavy atom. The van der Waals surface area contributed by atoms with Gasteiger partial charge in [-0.3, -0.25) is 9.13 Å². The molecule has 0 aliphatic carbocycles. The lowest BCUT2D eigenvalue weighted by Gasteiger charge is -2.18. The number of imidazole rings is 1. The first-order valence-corrected chi connectivity index (χ1v) is 16.4. The van der Waals surface area contributed by atoms with Crippen LogP contribution in [0.25, 0.3) is 99.9 Å². The van der Waals surface area contributed by atoms with Gasteiger partial charge in [-0.05, 0) is 73.1 Å². The van der Waals surface area contributed by atoms with Gasteiger partial charge in [-0.15, -0.1) is 0 Å². The van der Waals surface area contributed by atoms with Crippen LogP contribution < -0.4 is 5.69 Å². The zero-order valence-electron chi connectivity index (χ0n) is 58.7. The summed E-state index contributed by atoms with van der Waals surface area (Å²) >= 11 is 0. The topological polar surface area (TPSA) is 52.7 Å². The molecule has 5 nitrogen and oxygen atoms in total. The highest BCUT2D eigenvalue weighted by Gasteiger charge is 2.17. The molecule has 0 aliphatic heterocycles. The normalized spacial score (nSPS) is 19.0. The standard InChI is InChI=1S/C51H36N4O/c1-54-46-30-29-39(31-47(46)55(2)51(54)56)33-21-23-34(24-22-33)44-32-45(53-50(52-44)38-15-7-4-8-16-38)35-25-27-37(28-26-35)49-42-19-11-9-17-40(42)48(36-13-5-3-6-14-36)41-18-10-12-20-43(41)49/h3-32H,1-2H3/i3D,4D,5D,6D,7D,8D,9D,10D,11D,12D,13D,14D,15D,16D,17D,18D,19D,20D,21D,22D,23D,24D,25D,26D,27D,28D,29D,30D,31D,32D. The minimum Gasteiger partial charge on any atom is -0.295 e. The van der Waals surface area contributed by atoms with E-state index in [-0.39, 0.29) is 11.0 Å². The van der Waals surface area contributed by atoms with Crippen molar-refractivity contribution in [3.63, 3.8) is 0 Å². The number of nitrogens with zero attached hydrogens (tertiary/aromatic N) is 4. The lowest BCUT2D eigenvalue weighted by molar-refractivity contribution is 0.795. The second-order valence-electron chi connectivity index (χ2n) is 12.0. The first-order valence-electron chi connectivity index (χ1n) is 31.4. The van der Waals surface area contributed by atoms with Crippen LogP contribution in [0.2, 0.25) is 0 Å². The van der Waals surface area contributed by atoms with Gasteiger partial charge in [0.15, 0.2) is 5.82 Å². The summed E-state index contributed by atoms with van der Waals surface area (Å²) in [5.74, 6) is -0.951. The quantitative estimate of drug-likeness (QED) is 0.159. The van der Waals surface area contributed by atoms with Gasteiger partial charge >= 0.3 is 5.69 Å². The highest BCUT2D eigenvalue weighted by Crippen LogP contribution is 2.44. The number of benzene rings is 8. The fraction of sp³-hybridized carbons (Fsp3) is 0.0392. The van der Waals surface area contributed by atoms with Gasteiger partial charge < -0.3 is 0 Å². The molecule has 0 bridgehead atoms. The summed E-state index contributed by atoms with van der Waals surface area (Å²) in [6.45, 7) is 0. The molecule has 0 N–H and O–H groups in total. The fourth-order valence-electron chi connectivity index (χ4n) is 6.14. The van der Waals surface area contributed by atoms with Crippen LogP contribution in [-0.2, 0) is 14.1 Å². The molecule has 0 amide bonds. The molecule has 0 radical (unpaired) electrons. The van der Waals surface area contributed by atoms with Crippen molar-refractivity contribution in [1.29, 1.82) is 0 Å². The molecule has 56 heavy (non-hydrogen) atoms. The van der Waals surface area contributed by atoms with Gasteiger partial charge in [0.2, 0.25) is 0 Å². The van der Waals surface area contributed by atoms with Gasteiger partial charge in [0.25, 0.3) is 0 Å². The van der Waals surface area contributed by atoms with Gasteiger partial charge in [-0.25, -0.2) is 14.8 Å². The van der Waals surface area contributed by atoms with Crippen molar-refractivity contribution in [3.8, 4) is 67.3 Å². The molecule has 0 saturated carbocycles. The molecule has 266 valence electrons. The van der Waals surface area contributed by atoms with Crippen molar-refractivity contribution < 1.29 is 41.1 Å². The van der Waals surface area contributed by atoms with Crippen LogP contribution in [-0.4, -0.2) is 19.1 Å². The number of aryl methyl sites for hydroxylation is 2. The lowest BCUT2D eigenvalue weighted by Crippen LogP contribution is -2.19. The van der Waals surface area contributed by atoms with E-state index in [1.807, 2.05) is 0 Å². The van der Waals surface area contributed by atoms with Crippen LogP contribution in [0.4, 0.5) is 0 Å². The number of aromatic nitrogens is 4. The first-order chi connectivity index (χ1) is 40.0. The Morgan fingerprint density at radius 3 is 1.30 bits per heavy atom. The summed E-state index contributed by atoms with van der Waals surface area (Å²) in [6.07, 6.45) is 0. The molecule has 0 spiro atoms. The van der Waals surface area contributed by atoms with Gasteiger partial charge in [-0.2, -0.15) is 0 Å². The SMILES string of the molecule is [2H]c1c(-c2c([2H])c([2H])c(-c3c([2H])c([2H])c4c(c3[2H])n(C)c(=O)n4C)c([2H])c2[2H])nc(-c2c([2H])c([2H])c([2H])c([2H])c2[2H])nc1-c1c([2H])c([2H])c(-c2c3c([2H])c([2H])c([2H])c([2H])c3c(-c3c([2H])c([2H])c([2H])c([2H])c3[2H])c3c([2H])c([2H])c([2H])c([2H])c23)c([2H])c1[2H]. The first kappa shape index (κ1) is 14.4. The minimum absolute atomic E-state index is 0.162. The number of hydrogen-bond donors (Lipinski definition) is 0. The molecule has 0 saturated heterocycles. The molecule has 10 aromatic rings. The second kappa shape index (κ2) is 13.5. The van der Waals surface area contributed by atoms with E-state index >= 15 is 0 Å². The summed E-state index contributed by atoms with van der Waals surface area (Å²) < 4.78 is 273. The van der Waals surface area contributed by atoms with Gasteiger partial charge in [0, 0.05) is 30.8 Å². The fourth-order valence-corrected chi connectivity index (χ4v) is 6.14. The number of rotatable bonds is 6. The number of hydrogen-bond acceptors (Lipinski definition) is 3. The van der Waals surface area contributed by atoms with Crippen LogP contribution in [0.15, 0.2) is 186 Å². The average Bonchev–Trinajstić information content (AvgIpc) is 0.771. The molecule has 8 aromatic carbocycles. The van der Waals surface area contributed by atoms with E-state index in [0.717, 1.165) is 9.13 Å². The molecule has 2 aromatic heterocycles. The van der Waals surface area contributed by atoms with Crippen molar-refractivity contribution in [2.24, 2.45) is 14.1 Å². The van der Waals surface area contributed by atoms with Crippen molar-refractivity contribution in [1.82, 2.24) is 19.1 Å². The third kappa shape index (κ3) is 5.60. The van der Waals surface area contributed by atoms with Crippen molar-refractivity contribution in [3.05, 3.63) is 192 Å². The zero-order chi connectivity index (χ0) is 63.9. The molecule has 0 atom stereocenters. The lowest BCUT2D eigenvalue weighted by atomic mass is 9.86. The maximum Gasteiger partial charge on any atom is 0.328 e. The van der Waals surface area contributed by atoms with E-state index in [1.54, 1.807) is 0 Å². The Bertz CT molecular complexity index is 4740. The van der Waals surface area contributed by atoms with Gasteiger partial charge in [0.05, 0.1) is 63.5 Å². The highest BCUT2D eigenvalue weighted by atomic mass is 16.1. The molecular formula is C51H36N4O. The Hall–Kier alpha value is -7.37. The molecule has 2 heterocycles. The molecule has 0 fully saturated rings. The molecule has 10 rings (SSSR count). The van der Waals surface area contributed by atoms with Crippen LogP contribution in [0.1, 0.15) is 41.1 Å². The average molecular weight is 751 g/mol. The summed E-state index contributed by atoms with van der Waals surface area (Å²) in [7, 11) is 2.55. The predicted molar refractivity (Wildman–Crippen MR) is 231 cm³/mol. The Labute approximate surface area is 366 Å². The van der Waals surface area contributed by atoms with Crippen molar-refractivity contribution in [2.45, 2.75) is 0 Å². The Morgan fingerprint density at radius 2 is 0.786 bits per heavy atom. The molecule has 5 heteroatoms. The summed E-state index contributed by atoms with van der Waals surface area (Å²) in [4.78, 5) is 21.6. The zero-order valence-corrected chi connectivity index (χ0v) is 28.7. The second-order valence-corrected chi connectivity index (χ2v) is 12.0. The third-order valence-corrected chi connectivity index (χ3v) is 8.76. The molecule has 0 aliphatic rings. The van der Waals surface area contributed by atoms with Crippen LogP contribution in [0, 0.1) is 0 Å². The van der Waals surface area contributed by atoms with Crippen molar-refractivity contribution in [2.75, 3.05) is 0 Å². The largest absolute Gasteiger partial charge is 0.328 e. The van der Waals surface area contributed by atoms with Crippen LogP contribution >= 0.6 is 0 Å². The smallest absolute Gasteiger partial charge is 0.295 e. The van der Waals surface area contributed by atoms with Gasteiger partial charge in [0.1, 0.15) is 0 Å². The van der Waals surface area contributed by atoms with Crippen LogP contribution in [0.3, 0.4) is 0 Å². The van der Waals surface area contributed by atoms with Crippen LogP contribution in [0.5, 0.6) is 0 Å². The summed E-state index contributed by atoms with van der Waals surface area (Å²) in [6, 6.07) is -29.9. The molecular weight excluding hydrogens is 685 g/mol. The Balaban J connectivity index is 1.37. The summed E-state index contributed by atoms with van der Waals surface area (Å²) in [5.41, 5.74) is -10.4.